The topological polar surface area (TPSA) is 59.6 Å². The van der Waals surface area contributed by atoms with Crippen molar-refractivity contribution in [1.29, 1.82) is 0 Å². The second-order valence-corrected chi connectivity index (χ2v) is 7.48. The maximum Gasteiger partial charge on any atom is 0.257 e. The van der Waals surface area contributed by atoms with E-state index in [0.717, 1.165) is 16.7 Å². The highest BCUT2D eigenvalue weighted by molar-refractivity contribution is 6.42. The number of ether oxygens (including phenoxy) is 2. The average Bonchev–Trinajstić information content (AvgIpc) is 2.89. The van der Waals surface area contributed by atoms with E-state index in [4.69, 9.17) is 32.7 Å². The second-order valence-electron chi connectivity index (χ2n) is 6.69. The zero-order chi connectivity index (χ0) is 18.8. The first-order valence-corrected chi connectivity index (χ1v) is 8.84. The molecule has 5 nitrogen and oxygen atoms in total. The van der Waals surface area contributed by atoms with Crippen LogP contribution in [0.4, 0.5) is 0 Å². The lowest BCUT2D eigenvalue weighted by Crippen LogP contribution is -2.40. The van der Waals surface area contributed by atoms with Crippen LogP contribution in [0.15, 0.2) is 23.5 Å². The number of carbonyl (C=O) groups excluding carboxylic acids is 1. The lowest BCUT2D eigenvalue weighted by Gasteiger charge is -2.19. The van der Waals surface area contributed by atoms with Gasteiger partial charge in [-0.3, -0.25) is 4.79 Å². The Kier molecular flexibility index (Phi) is 6.38. The molecule has 0 bridgehead atoms. The molecule has 1 unspecified atom stereocenters. The van der Waals surface area contributed by atoms with Crippen molar-refractivity contribution in [3.63, 3.8) is 0 Å². The van der Waals surface area contributed by atoms with E-state index >= 15 is 0 Å². The highest BCUT2D eigenvalue weighted by Crippen LogP contribution is 2.28. The van der Waals surface area contributed by atoms with Gasteiger partial charge >= 0.3 is 0 Å². The van der Waals surface area contributed by atoms with Gasteiger partial charge in [0.2, 0.25) is 0 Å². The minimum atomic E-state index is -0.744. The molecule has 1 saturated heterocycles. The highest BCUT2D eigenvalue weighted by Gasteiger charge is 2.37. The Balaban J connectivity index is 2.05. The number of rotatable bonds is 5. The fourth-order valence-corrected chi connectivity index (χ4v) is 2.90. The third-order valence-electron chi connectivity index (χ3n) is 3.92. The Morgan fingerprint density at radius 3 is 2.56 bits per heavy atom. The van der Waals surface area contributed by atoms with Crippen molar-refractivity contribution in [3.05, 3.63) is 44.7 Å². The van der Waals surface area contributed by atoms with Crippen LogP contribution in [0, 0.1) is 6.92 Å². The molecule has 1 aromatic carbocycles. The molecule has 2 N–H and O–H groups in total. The third kappa shape index (κ3) is 5.11. The van der Waals surface area contributed by atoms with E-state index in [-0.39, 0.29) is 12.5 Å². The molecule has 7 heteroatoms. The van der Waals surface area contributed by atoms with E-state index in [1.54, 1.807) is 19.9 Å². The summed E-state index contributed by atoms with van der Waals surface area (Å²) in [6.07, 6.45) is -0.636. The van der Waals surface area contributed by atoms with Gasteiger partial charge in [-0.15, -0.1) is 0 Å². The molecular formula is C18H24Cl2N2O3. The predicted octanol–water partition coefficient (Wildman–Crippen LogP) is 3.91. The number of nitrogens with one attached hydrogen (secondary N) is 2. The minimum Gasteiger partial charge on any atom is -0.367 e. The number of hydrogen-bond acceptors (Lipinski definition) is 4. The molecule has 1 aliphatic rings. The molecule has 2 rings (SSSR count). The van der Waals surface area contributed by atoms with Crippen LogP contribution in [0.2, 0.25) is 10.0 Å². The van der Waals surface area contributed by atoms with Crippen molar-refractivity contribution in [2.24, 2.45) is 0 Å². The number of allylic oxidation sites excluding steroid dienone is 1. The number of amides is 1. The van der Waals surface area contributed by atoms with Gasteiger partial charge < -0.3 is 20.1 Å². The average molecular weight is 387 g/mol. The lowest BCUT2D eigenvalue weighted by molar-refractivity contribution is -0.152. The molecule has 25 heavy (non-hydrogen) atoms. The van der Waals surface area contributed by atoms with Gasteiger partial charge in [0.15, 0.2) is 11.9 Å². The maximum atomic E-state index is 12.4. The standard InChI is InChI=1S/C18H24Cl2N2O3/c1-10(2)16(22-17(23)14-9-24-18(4,5)25-14)21-8-12-11(3)6-7-13(19)15(12)20/h6-7,14,21H,8-9H2,1-5H3,(H,22,23). The number of carbonyl (C=O) groups is 1. The largest absolute Gasteiger partial charge is 0.367 e. The summed E-state index contributed by atoms with van der Waals surface area (Å²) >= 11 is 12.4. The van der Waals surface area contributed by atoms with Crippen molar-refractivity contribution < 1.29 is 14.3 Å². The fourth-order valence-electron chi connectivity index (χ4n) is 2.45. The first kappa shape index (κ1) is 20.0. The Morgan fingerprint density at radius 2 is 2.00 bits per heavy atom. The van der Waals surface area contributed by atoms with Crippen LogP contribution in [-0.4, -0.2) is 24.4 Å². The summed E-state index contributed by atoms with van der Waals surface area (Å²) in [6.45, 7) is 10.0. The molecule has 138 valence electrons. The Labute approximate surface area is 158 Å². The minimum absolute atomic E-state index is 0.230. The van der Waals surface area contributed by atoms with Crippen molar-refractivity contribution in [1.82, 2.24) is 10.6 Å². The number of aryl methyl sites for hydroxylation is 1. The Bertz CT molecular complexity index is 698. The first-order chi connectivity index (χ1) is 11.6. The van der Waals surface area contributed by atoms with E-state index in [9.17, 15) is 4.79 Å². The zero-order valence-corrected chi connectivity index (χ0v) is 16.6. The molecular weight excluding hydrogens is 363 g/mol. The number of hydrogen-bond donors (Lipinski definition) is 2. The van der Waals surface area contributed by atoms with Gasteiger partial charge in [-0.2, -0.15) is 0 Å². The van der Waals surface area contributed by atoms with E-state index in [1.807, 2.05) is 26.8 Å². The van der Waals surface area contributed by atoms with E-state index < -0.39 is 11.9 Å². The molecule has 0 aromatic heterocycles. The van der Waals surface area contributed by atoms with Gasteiger partial charge in [0.1, 0.15) is 5.82 Å². The zero-order valence-electron chi connectivity index (χ0n) is 15.1. The molecule has 1 aromatic rings. The Morgan fingerprint density at radius 1 is 1.32 bits per heavy atom. The first-order valence-electron chi connectivity index (χ1n) is 8.08. The van der Waals surface area contributed by atoms with Gasteiger partial charge in [0.25, 0.3) is 5.91 Å². The summed E-state index contributed by atoms with van der Waals surface area (Å²) in [7, 11) is 0. The number of halogens is 2. The normalized spacial score (nSPS) is 18.8. The quantitative estimate of drug-likeness (QED) is 0.804. The molecule has 0 aliphatic carbocycles. The van der Waals surface area contributed by atoms with Crippen molar-refractivity contribution >= 4 is 29.1 Å². The van der Waals surface area contributed by atoms with Crippen LogP contribution in [0.25, 0.3) is 0 Å². The molecule has 1 amide bonds. The van der Waals surface area contributed by atoms with Crippen molar-refractivity contribution in [3.8, 4) is 0 Å². The summed E-state index contributed by atoms with van der Waals surface area (Å²) in [5, 5.41) is 7.12. The smallest absolute Gasteiger partial charge is 0.257 e. The van der Waals surface area contributed by atoms with Gasteiger partial charge in [-0.1, -0.05) is 29.3 Å². The molecule has 1 fully saturated rings. The summed E-state index contributed by atoms with van der Waals surface area (Å²) in [5.74, 6) is -0.372. The monoisotopic (exact) mass is 386 g/mol. The van der Waals surface area contributed by atoms with E-state index in [0.29, 0.717) is 22.4 Å². The summed E-state index contributed by atoms with van der Waals surface area (Å²) in [6, 6.07) is 3.68. The summed E-state index contributed by atoms with van der Waals surface area (Å²) in [4.78, 5) is 12.4. The highest BCUT2D eigenvalue weighted by atomic mass is 35.5. The molecule has 0 radical (unpaired) electrons. The fraction of sp³-hybridized carbons (Fsp3) is 0.500. The van der Waals surface area contributed by atoms with Gasteiger partial charge in [-0.25, -0.2) is 0 Å². The van der Waals surface area contributed by atoms with Crippen LogP contribution >= 0.6 is 23.2 Å². The van der Waals surface area contributed by atoms with E-state index in [2.05, 4.69) is 10.6 Å². The predicted molar refractivity (Wildman–Crippen MR) is 99.5 cm³/mol. The third-order valence-corrected chi connectivity index (χ3v) is 4.76. The van der Waals surface area contributed by atoms with Crippen LogP contribution < -0.4 is 10.6 Å². The van der Waals surface area contributed by atoms with Gasteiger partial charge in [0, 0.05) is 6.54 Å². The second kappa shape index (κ2) is 7.96. The SMILES string of the molecule is CC(C)=C(NCc1c(C)ccc(Cl)c1Cl)NC(=O)C1COC(C)(C)O1. The maximum absolute atomic E-state index is 12.4. The van der Waals surface area contributed by atoms with Crippen LogP contribution in [0.5, 0.6) is 0 Å². The van der Waals surface area contributed by atoms with Crippen LogP contribution in [0.1, 0.15) is 38.8 Å². The lowest BCUT2D eigenvalue weighted by atomic mass is 10.1. The van der Waals surface area contributed by atoms with Crippen molar-refractivity contribution in [2.75, 3.05) is 6.61 Å². The summed E-state index contributed by atoms with van der Waals surface area (Å²) in [5.41, 5.74) is 2.85. The summed E-state index contributed by atoms with van der Waals surface area (Å²) < 4.78 is 11.0. The molecule has 1 heterocycles. The van der Waals surface area contributed by atoms with E-state index in [1.165, 1.54) is 0 Å². The van der Waals surface area contributed by atoms with Gasteiger partial charge in [0.05, 0.1) is 16.7 Å². The molecule has 1 aliphatic heterocycles. The van der Waals surface area contributed by atoms with Crippen LogP contribution in [-0.2, 0) is 20.8 Å². The van der Waals surface area contributed by atoms with Crippen LogP contribution in [0.3, 0.4) is 0 Å². The van der Waals surface area contributed by atoms with Crippen molar-refractivity contribution in [2.45, 2.75) is 53.1 Å². The molecule has 0 spiro atoms. The Hall–Kier alpha value is -1.27. The number of benzene rings is 1. The van der Waals surface area contributed by atoms with Gasteiger partial charge in [-0.05, 0) is 57.4 Å². The molecule has 1 atom stereocenters. The molecule has 0 saturated carbocycles.